The van der Waals surface area contributed by atoms with Crippen molar-refractivity contribution in [3.05, 3.63) is 59.2 Å². The summed E-state index contributed by atoms with van der Waals surface area (Å²) in [6.07, 6.45) is 6.16. The Kier molecular flexibility index (Phi) is 3.06. The van der Waals surface area contributed by atoms with Crippen LogP contribution in [0.2, 0.25) is 0 Å². The summed E-state index contributed by atoms with van der Waals surface area (Å²) in [5, 5.41) is 7.00. The van der Waals surface area contributed by atoms with E-state index in [2.05, 4.69) is 25.0 Å². The van der Waals surface area contributed by atoms with Gasteiger partial charge in [0.15, 0.2) is 0 Å². The quantitative estimate of drug-likeness (QED) is 0.598. The van der Waals surface area contributed by atoms with E-state index in [1.54, 1.807) is 18.3 Å². The molecule has 1 heterocycles. The number of nitrogens with zero attached hydrogens (tertiary/aromatic N) is 2. The summed E-state index contributed by atoms with van der Waals surface area (Å²) >= 11 is 0. The molecule has 2 amide bonds. The van der Waals surface area contributed by atoms with Crippen LogP contribution in [0, 0.1) is 17.3 Å². The van der Waals surface area contributed by atoms with Crippen LogP contribution in [0.3, 0.4) is 0 Å². The third kappa shape index (κ3) is 1.93. The number of carbonyl (C=O) groups excluding carboxylic acids is 2. The maximum Gasteiger partial charge on any atom is 0.282 e. The molecule has 4 aliphatic rings. The number of imide groups is 1. The number of hydrogen-bond donors (Lipinski definition) is 0. The second-order valence-corrected chi connectivity index (χ2v) is 8.12. The van der Waals surface area contributed by atoms with Crippen LogP contribution in [0.15, 0.2) is 53.1 Å². The molecule has 4 heteroatoms. The standard InChI is InChI=1S/C22H20N2O2/c1-22(2)15-10-9-14(18(22)11-15)12-23-24-20(25)16-7-3-5-13-6-4-8-17(19(13)16)21(24)26/h3-9,12,15,18H,10-11H2,1-2H3. The van der Waals surface area contributed by atoms with E-state index in [1.807, 2.05) is 24.3 Å². The van der Waals surface area contributed by atoms with Gasteiger partial charge in [0.05, 0.1) is 17.3 Å². The van der Waals surface area contributed by atoms with Gasteiger partial charge < -0.3 is 0 Å². The molecule has 2 unspecified atom stereocenters. The SMILES string of the molecule is CC1(C)C2CC=C(C=NN3C(=O)c4cccc5cccc(c45)C3=O)C1C2. The molecule has 0 radical (unpaired) electrons. The lowest BCUT2D eigenvalue weighted by Gasteiger charge is -2.55. The first kappa shape index (κ1) is 15.5. The van der Waals surface area contributed by atoms with Crippen LogP contribution >= 0.6 is 0 Å². The maximum atomic E-state index is 12.9. The fourth-order valence-corrected chi connectivity index (χ4v) is 4.79. The number of fused-ring (bicyclic) bond motifs is 1. The topological polar surface area (TPSA) is 49.7 Å². The number of amides is 2. The lowest BCUT2D eigenvalue weighted by Crippen LogP contribution is -2.48. The van der Waals surface area contributed by atoms with Gasteiger partial charge >= 0.3 is 0 Å². The van der Waals surface area contributed by atoms with E-state index in [0.29, 0.717) is 17.0 Å². The van der Waals surface area contributed by atoms with Gasteiger partial charge in [-0.1, -0.05) is 44.2 Å². The number of benzene rings is 2. The molecule has 1 fully saturated rings. The van der Waals surface area contributed by atoms with Gasteiger partial charge in [-0.2, -0.15) is 10.1 Å². The number of carbonyl (C=O) groups is 2. The molecule has 4 nitrogen and oxygen atoms in total. The van der Waals surface area contributed by atoms with Crippen molar-refractivity contribution >= 4 is 28.8 Å². The number of hydrazone groups is 1. The van der Waals surface area contributed by atoms with E-state index >= 15 is 0 Å². The predicted molar refractivity (Wildman–Crippen MR) is 101 cm³/mol. The smallest absolute Gasteiger partial charge is 0.267 e. The van der Waals surface area contributed by atoms with Crippen LogP contribution in [0.5, 0.6) is 0 Å². The number of rotatable bonds is 2. The molecular formula is C22H20N2O2. The normalized spacial score (nSPS) is 26.2. The minimum absolute atomic E-state index is 0.282. The molecule has 0 spiro atoms. The van der Waals surface area contributed by atoms with Crippen LogP contribution < -0.4 is 0 Å². The van der Waals surface area contributed by atoms with Crippen LogP contribution in [0.1, 0.15) is 47.4 Å². The van der Waals surface area contributed by atoms with E-state index in [9.17, 15) is 9.59 Å². The molecule has 1 aliphatic heterocycles. The van der Waals surface area contributed by atoms with Crippen molar-refractivity contribution in [2.24, 2.45) is 22.4 Å². The molecule has 26 heavy (non-hydrogen) atoms. The minimum Gasteiger partial charge on any atom is -0.267 e. The Labute approximate surface area is 152 Å². The molecule has 2 atom stereocenters. The molecule has 2 bridgehead atoms. The summed E-state index contributed by atoms with van der Waals surface area (Å²) in [5.41, 5.74) is 2.51. The fraction of sp³-hybridized carbons (Fsp3) is 0.318. The highest BCUT2D eigenvalue weighted by molar-refractivity contribution is 6.25. The molecule has 130 valence electrons. The minimum atomic E-state index is -0.349. The van der Waals surface area contributed by atoms with Gasteiger partial charge in [-0.15, -0.1) is 0 Å². The summed E-state index contributed by atoms with van der Waals surface area (Å²) < 4.78 is 0. The van der Waals surface area contributed by atoms with Crippen LogP contribution in [0.4, 0.5) is 0 Å². The van der Waals surface area contributed by atoms with Gasteiger partial charge in [-0.25, -0.2) is 0 Å². The van der Waals surface area contributed by atoms with Crippen molar-refractivity contribution in [3.63, 3.8) is 0 Å². The first-order chi connectivity index (χ1) is 12.5. The van der Waals surface area contributed by atoms with Crippen LogP contribution in [0.25, 0.3) is 10.8 Å². The lowest BCUT2D eigenvalue weighted by atomic mass is 9.49. The van der Waals surface area contributed by atoms with Crippen LogP contribution in [-0.2, 0) is 0 Å². The van der Waals surface area contributed by atoms with Gasteiger partial charge in [0.2, 0.25) is 0 Å². The van der Waals surface area contributed by atoms with Gasteiger partial charge in [0.25, 0.3) is 11.8 Å². The maximum absolute atomic E-state index is 12.9. The first-order valence-corrected chi connectivity index (χ1v) is 9.13. The summed E-state index contributed by atoms with van der Waals surface area (Å²) in [7, 11) is 0. The number of allylic oxidation sites excluding steroid dienone is 2. The fourth-order valence-electron chi connectivity index (χ4n) is 4.79. The molecule has 2 aromatic carbocycles. The van der Waals surface area contributed by atoms with Crippen molar-refractivity contribution < 1.29 is 9.59 Å². The molecule has 0 aromatic heterocycles. The molecule has 6 rings (SSSR count). The van der Waals surface area contributed by atoms with Crippen molar-refractivity contribution in [3.8, 4) is 0 Å². The molecule has 0 saturated heterocycles. The second-order valence-electron chi connectivity index (χ2n) is 8.12. The summed E-state index contributed by atoms with van der Waals surface area (Å²) in [6.45, 7) is 4.58. The van der Waals surface area contributed by atoms with Crippen molar-refractivity contribution in [2.45, 2.75) is 26.7 Å². The lowest BCUT2D eigenvalue weighted by molar-refractivity contribution is -0.00133. The van der Waals surface area contributed by atoms with Gasteiger partial charge in [-0.05, 0) is 53.2 Å². The Morgan fingerprint density at radius 1 is 1.08 bits per heavy atom. The molecule has 2 aromatic rings. The Hall–Kier alpha value is -2.75. The van der Waals surface area contributed by atoms with E-state index in [4.69, 9.17) is 0 Å². The number of hydrogen-bond acceptors (Lipinski definition) is 3. The molecule has 1 saturated carbocycles. The highest BCUT2D eigenvalue weighted by Gasteiger charge is 2.50. The zero-order valence-corrected chi connectivity index (χ0v) is 14.9. The first-order valence-electron chi connectivity index (χ1n) is 9.13. The third-order valence-corrected chi connectivity index (χ3v) is 6.58. The third-order valence-electron chi connectivity index (χ3n) is 6.58. The molecule has 0 N–H and O–H groups in total. The zero-order valence-electron chi connectivity index (χ0n) is 14.9. The van der Waals surface area contributed by atoms with Crippen molar-refractivity contribution in [1.82, 2.24) is 5.01 Å². The van der Waals surface area contributed by atoms with E-state index in [-0.39, 0.29) is 17.2 Å². The van der Waals surface area contributed by atoms with Gasteiger partial charge in [-0.3, -0.25) is 9.59 Å². The summed E-state index contributed by atoms with van der Waals surface area (Å²) in [6, 6.07) is 11.1. The Morgan fingerprint density at radius 2 is 1.73 bits per heavy atom. The average molecular weight is 344 g/mol. The summed E-state index contributed by atoms with van der Waals surface area (Å²) in [4.78, 5) is 25.8. The Morgan fingerprint density at radius 3 is 2.31 bits per heavy atom. The van der Waals surface area contributed by atoms with E-state index in [1.165, 1.54) is 6.42 Å². The predicted octanol–water partition coefficient (Wildman–Crippen LogP) is 4.41. The van der Waals surface area contributed by atoms with E-state index < -0.39 is 0 Å². The Balaban J connectivity index is 1.53. The van der Waals surface area contributed by atoms with Crippen molar-refractivity contribution in [1.29, 1.82) is 0 Å². The highest BCUT2D eigenvalue weighted by atomic mass is 16.2. The van der Waals surface area contributed by atoms with E-state index in [0.717, 1.165) is 33.7 Å². The van der Waals surface area contributed by atoms with Gasteiger partial charge in [0, 0.05) is 5.39 Å². The Bertz CT molecular complexity index is 981. The zero-order chi connectivity index (χ0) is 18.1. The monoisotopic (exact) mass is 344 g/mol. The summed E-state index contributed by atoms with van der Waals surface area (Å²) in [5.74, 6) is 0.513. The van der Waals surface area contributed by atoms with Crippen LogP contribution in [-0.4, -0.2) is 23.0 Å². The van der Waals surface area contributed by atoms with Crippen molar-refractivity contribution in [2.75, 3.05) is 0 Å². The molecular weight excluding hydrogens is 324 g/mol. The molecule has 3 aliphatic carbocycles. The second kappa shape index (κ2) is 5.13. The average Bonchev–Trinajstić information content (AvgIpc) is 2.65. The van der Waals surface area contributed by atoms with Gasteiger partial charge in [0.1, 0.15) is 0 Å². The largest absolute Gasteiger partial charge is 0.282 e. The highest BCUT2D eigenvalue weighted by Crippen LogP contribution is 2.58.